The van der Waals surface area contributed by atoms with Gasteiger partial charge in [-0.05, 0) is 88.2 Å². The number of fused-ring (bicyclic) bond motifs is 4. The maximum Gasteiger partial charge on any atom is 0.216 e. The number of aromatic nitrogens is 4. The number of imidazole rings is 1. The van der Waals surface area contributed by atoms with Crippen LogP contribution in [0, 0.1) is 25.8 Å². The first-order chi connectivity index (χ1) is 30.3. The third kappa shape index (κ3) is 8.38. The Bertz CT molecular complexity index is 3030. The minimum Gasteiger partial charge on any atom is -0.486 e. The largest absolute Gasteiger partial charge is 0.486 e. The predicted molar refractivity (Wildman–Crippen MR) is 245 cm³/mol. The molecule has 9 rings (SSSR count). The van der Waals surface area contributed by atoms with Crippen LogP contribution in [-0.2, 0) is 20.1 Å². The quantitative estimate of drug-likeness (QED) is 0.118. The summed E-state index contributed by atoms with van der Waals surface area (Å²) in [5, 5.41) is 2.90. The van der Waals surface area contributed by atoms with Crippen molar-refractivity contribution in [2.24, 2.45) is 0 Å². The van der Waals surface area contributed by atoms with Gasteiger partial charge in [0, 0.05) is 51.3 Å². The van der Waals surface area contributed by atoms with E-state index in [-0.39, 0.29) is 43.3 Å². The Morgan fingerprint density at radius 2 is 1.47 bits per heavy atom. The zero-order chi connectivity index (χ0) is 45.7. The molecule has 0 saturated carbocycles. The average molecular weight is 973 g/mol. The number of para-hydroxylation sites is 2. The second-order valence-electron chi connectivity index (χ2n) is 16.4. The summed E-state index contributed by atoms with van der Waals surface area (Å²) < 4.78 is 54.1. The van der Waals surface area contributed by atoms with Crippen molar-refractivity contribution in [3.05, 3.63) is 162 Å². The fraction of sp³-hybridized carbons (Fsp3) is 0.212. The Morgan fingerprint density at radius 1 is 0.729 bits per heavy atom. The van der Waals surface area contributed by atoms with Gasteiger partial charge >= 0.3 is 0 Å². The summed E-state index contributed by atoms with van der Waals surface area (Å²) >= 11 is 0. The van der Waals surface area contributed by atoms with Gasteiger partial charge in [-0.1, -0.05) is 120 Å². The molecule has 7 heteroatoms. The van der Waals surface area contributed by atoms with E-state index in [0.29, 0.717) is 22.5 Å². The monoisotopic (exact) mass is 973 g/mol. The molecule has 1 radical (unpaired) electrons. The number of nitrogens with zero attached hydrogens (tertiary/aromatic N) is 4. The number of furan rings is 1. The number of rotatable bonds is 7. The fourth-order valence-electron chi connectivity index (χ4n) is 7.41. The molecular weight excluding hydrogens is 917 g/mol. The summed E-state index contributed by atoms with van der Waals surface area (Å²) in [5.74, 6) is 1.17. The first-order valence-electron chi connectivity index (χ1n) is 22.7. The van der Waals surface area contributed by atoms with Crippen LogP contribution in [0.15, 0.2) is 132 Å². The van der Waals surface area contributed by atoms with E-state index in [2.05, 4.69) is 123 Å². The minimum atomic E-state index is -2.33. The van der Waals surface area contributed by atoms with Crippen LogP contribution in [0.4, 0.5) is 0 Å². The van der Waals surface area contributed by atoms with Gasteiger partial charge in [0.25, 0.3) is 0 Å². The third-order valence-electron chi connectivity index (χ3n) is 10.5. The SMILES string of the molecule is [2H]C([2H])([2H])c1c[c-]c(-c2ccc([Si](C)(C)C)cn2)cc1.[2H]C([2H])([2H])c1ccc2c(n1)oc1c(-c3nc4ccccc4n3-c3c(C(C)C)cc(-c4ccccc4)cc3C(C)C)[c-]ccc12.[Ir]. The van der Waals surface area contributed by atoms with Crippen LogP contribution in [0.25, 0.3) is 72.6 Å². The van der Waals surface area contributed by atoms with Crippen LogP contribution in [-0.4, -0.2) is 27.6 Å². The first-order valence-corrected chi connectivity index (χ1v) is 23.2. The van der Waals surface area contributed by atoms with Crippen LogP contribution in [0.1, 0.15) is 70.1 Å². The van der Waals surface area contributed by atoms with Gasteiger partial charge in [0.15, 0.2) is 0 Å². The number of hydrogen-bond acceptors (Lipinski definition) is 4. The van der Waals surface area contributed by atoms with Gasteiger partial charge in [0.1, 0.15) is 0 Å². The molecule has 0 bridgehead atoms. The van der Waals surface area contributed by atoms with E-state index in [1.807, 2.05) is 48.7 Å². The van der Waals surface area contributed by atoms with Crippen molar-refractivity contribution in [1.82, 2.24) is 19.5 Å². The molecule has 0 N–H and O–H groups in total. The Morgan fingerprint density at radius 3 is 2.12 bits per heavy atom. The maximum absolute atomic E-state index is 7.83. The molecule has 59 heavy (non-hydrogen) atoms. The molecule has 5 aromatic carbocycles. The van der Waals surface area contributed by atoms with Crippen molar-refractivity contribution >= 4 is 46.4 Å². The molecular formula is C52H50IrN4OSi-2. The molecule has 0 aliphatic carbocycles. The summed E-state index contributed by atoms with van der Waals surface area (Å²) in [7, 11) is -1.34. The minimum absolute atomic E-state index is 0. The summed E-state index contributed by atoms with van der Waals surface area (Å²) in [6.45, 7) is 11.4. The van der Waals surface area contributed by atoms with Crippen molar-refractivity contribution in [2.45, 2.75) is 72.9 Å². The normalized spacial score (nSPS) is 13.6. The average Bonchev–Trinajstić information content (AvgIpc) is 3.84. The predicted octanol–water partition coefficient (Wildman–Crippen LogP) is 13.4. The molecule has 299 valence electrons. The molecule has 0 fully saturated rings. The van der Waals surface area contributed by atoms with Crippen molar-refractivity contribution in [1.29, 1.82) is 0 Å². The van der Waals surface area contributed by atoms with Crippen LogP contribution in [0.3, 0.4) is 0 Å². The van der Waals surface area contributed by atoms with Crippen LogP contribution in [0.2, 0.25) is 19.6 Å². The topological polar surface area (TPSA) is 56.7 Å². The van der Waals surface area contributed by atoms with E-state index in [0.717, 1.165) is 38.8 Å². The van der Waals surface area contributed by atoms with E-state index < -0.39 is 21.8 Å². The Labute approximate surface area is 371 Å². The van der Waals surface area contributed by atoms with Crippen molar-refractivity contribution in [2.75, 3.05) is 0 Å². The van der Waals surface area contributed by atoms with E-state index >= 15 is 0 Å². The first kappa shape index (κ1) is 34.4. The number of hydrogen-bond donors (Lipinski definition) is 0. The molecule has 0 spiro atoms. The van der Waals surface area contributed by atoms with E-state index in [4.69, 9.17) is 17.6 Å². The fourth-order valence-corrected chi connectivity index (χ4v) is 8.44. The standard InChI is InChI=1S/C37H32N3O.C15H18NSi.Ir/c1-22(2)30-20-26(25-12-7-6-8-13-25)21-31(23(3)4)34(30)40-33-17-10-9-16-32(33)39-36(40)29-15-11-14-27-28-19-18-24(5)38-37(28)41-35(27)29;1-12-5-7-13(8-6-12)15-10-9-14(11-16-15)17(2,3)4;/h6-14,16-23H,1-5H3;5-7,9-11H,1-4H3;/q2*-1;/i5D3;1D3;. The van der Waals surface area contributed by atoms with Crippen LogP contribution < -0.4 is 5.19 Å². The smallest absolute Gasteiger partial charge is 0.216 e. The molecule has 9 aromatic rings. The Hall–Kier alpha value is -5.46. The Kier molecular flexibility index (Phi) is 9.93. The number of pyridine rings is 2. The molecule has 0 saturated heterocycles. The summed E-state index contributed by atoms with van der Waals surface area (Å²) in [4.78, 5) is 14.0. The molecule has 4 heterocycles. The second-order valence-corrected chi connectivity index (χ2v) is 21.4. The van der Waals surface area contributed by atoms with E-state index in [1.54, 1.807) is 24.3 Å². The van der Waals surface area contributed by atoms with Gasteiger partial charge in [-0.25, -0.2) is 4.98 Å². The zero-order valence-corrected chi connectivity index (χ0v) is 37.7. The molecule has 0 amide bonds. The summed E-state index contributed by atoms with van der Waals surface area (Å²) in [6.07, 6.45) is 1.92. The van der Waals surface area contributed by atoms with Gasteiger partial charge in [-0.3, -0.25) is 4.98 Å². The van der Waals surface area contributed by atoms with E-state index in [1.165, 1.54) is 33.5 Å². The van der Waals surface area contributed by atoms with E-state index in [9.17, 15) is 0 Å². The van der Waals surface area contributed by atoms with Gasteiger partial charge in [0.05, 0.1) is 30.5 Å². The molecule has 0 aliphatic rings. The molecule has 5 nitrogen and oxygen atoms in total. The second kappa shape index (κ2) is 17.0. The van der Waals surface area contributed by atoms with Crippen molar-refractivity contribution < 1.29 is 32.7 Å². The Balaban J connectivity index is 0.000000253. The van der Waals surface area contributed by atoms with Crippen molar-refractivity contribution in [3.8, 4) is 39.5 Å². The third-order valence-corrected chi connectivity index (χ3v) is 12.6. The molecule has 0 unspecified atom stereocenters. The van der Waals surface area contributed by atoms with Crippen LogP contribution >= 0.6 is 0 Å². The maximum atomic E-state index is 7.83. The number of aryl methyl sites for hydroxylation is 2. The summed E-state index contributed by atoms with van der Waals surface area (Å²) in [5.41, 5.74) is 11.3. The van der Waals surface area contributed by atoms with Crippen molar-refractivity contribution in [3.63, 3.8) is 0 Å². The van der Waals surface area contributed by atoms with Gasteiger partial charge in [-0.2, -0.15) is 0 Å². The number of benzene rings is 5. The van der Waals surface area contributed by atoms with Crippen LogP contribution in [0.5, 0.6) is 0 Å². The van der Waals surface area contributed by atoms with Gasteiger partial charge in [-0.15, -0.1) is 53.6 Å². The molecule has 0 aliphatic heterocycles. The summed E-state index contributed by atoms with van der Waals surface area (Å²) in [6, 6.07) is 45.9. The molecule has 4 aromatic heterocycles. The van der Waals surface area contributed by atoms with Gasteiger partial charge in [0.2, 0.25) is 5.71 Å². The molecule has 0 atom stereocenters. The van der Waals surface area contributed by atoms with Gasteiger partial charge < -0.3 is 14.0 Å². The zero-order valence-electron chi connectivity index (χ0n) is 40.3.